The molecule has 0 saturated carbocycles. The molecule has 4 heteroatoms. The Morgan fingerprint density at radius 1 is 1.20 bits per heavy atom. The van der Waals surface area contributed by atoms with Crippen LogP contribution in [0.25, 0.3) is 0 Å². The fourth-order valence-electron chi connectivity index (χ4n) is 1.13. The smallest absolute Gasteiger partial charge is 0.104 e. The van der Waals surface area contributed by atoms with E-state index in [1.54, 1.807) is 0 Å². The predicted octanol–water partition coefficient (Wildman–Crippen LogP) is 0.372. The summed E-state index contributed by atoms with van der Waals surface area (Å²) < 4.78 is 0. The van der Waals surface area contributed by atoms with E-state index in [0.717, 1.165) is 26.1 Å². The van der Waals surface area contributed by atoms with E-state index in [1.165, 1.54) is 0 Å². The van der Waals surface area contributed by atoms with Crippen LogP contribution < -0.4 is 5.32 Å². The molecule has 0 aliphatic rings. The van der Waals surface area contributed by atoms with Gasteiger partial charge in [-0.3, -0.25) is 0 Å². The monoisotopic (exact) mass is 212 g/mol. The fourth-order valence-corrected chi connectivity index (χ4v) is 1.13. The summed E-state index contributed by atoms with van der Waals surface area (Å²) in [5.41, 5.74) is -0.396. The largest absolute Gasteiger partial charge is 0.308 e. The second kappa shape index (κ2) is 6.78. The minimum Gasteiger partial charge on any atom is -0.308 e. The van der Waals surface area contributed by atoms with Crippen LogP contribution in [-0.2, 0) is 0 Å². The Labute approximate surface area is 93.9 Å². The summed E-state index contributed by atoms with van der Waals surface area (Å²) in [4.78, 5) is 4.42. The number of nitrogens with zero attached hydrogens (tertiary/aromatic N) is 3. The summed E-state index contributed by atoms with van der Waals surface area (Å²) in [6.07, 6.45) is 0.851. The maximum Gasteiger partial charge on any atom is 0.104 e. The van der Waals surface area contributed by atoms with Crippen LogP contribution >= 0.6 is 0 Å². The third-order valence-corrected chi connectivity index (χ3v) is 2.72. The highest BCUT2D eigenvalue weighted by atomic mass is 15.1. The number of nitrogens with one attached hydrogen (secondary N) is 1. The van der Waals surface area contributed by atoms with Gasteiger partial charge in [0, 0.05) is 19.6 Å². The second-order valence-corrected chi connectivity index (χ2v) is 4.55. The van der Waals surface area contributed by atoms with Crippen molar-refractivity contribution in [3.8, 4) is 6.07 Å². The van der Waals surface area contributed by atoms with Crippen molar-refractivity contribution >= 4 is 0 Å². The Bertz CT molecular complexity index is 209. The van der Waals surface area contributed by atoms with Crippen LogP contribution in [0.5, 0.6) is 0 Å². The molecule has 0 bridgehead atoms. The highest BCUT2D eigenvalue weighted by Crippen LogP contribution is 2.07. The Kier molecular flexibility index (Phi) is 6.50. The van der Waals surface area contributed by atoms with Gasteiger partial charge in [-0.25, -0.2) is 0 Å². The normalized spacial score (nSPS) is 15.3. The molecule has 0 aromatic carbocycles. The first-order valence-corrected chi connectivity index (χ1v) is 5.37. The molecule has 0 fully saturated rings. The molecule has 0 aliphatic carbocycles. The van der Waals surface area contributed by atoms with Gasteiger partial charge in [0.15, 0.2) is 0 Å². The molecule has 0 amide bonds. The van der Waals surface area contributed by atoms with Gasteiger partial charge in [-0.05, 0) is 41.5 Å². The van der Waals surface area contributed by atoms with Gasteiger partial charge in [-0.2, -0.15) is 5.26 Å². The van der Waals surface area contributed by atoms with Gasteiger partial charge in [0.25, 0.3) is 0 Å². The van der Waals surface area contributed by atoms with Crippen LogP contribution in [0.2, 0.25) is 0 Å². The minimum absolute atomic E-state index is 0.396. The molecule has 0 radical (unpaired) electrons. The first-order valence-electron chi connectivity index (χ1n) is 5.37. The van der Waals surface area contributed by atoms with Gasteiger partial charge in [0.2, 0.25) is 0 Å². The average Bonchev–Trinajstić information content (AvgIpc) is 2.23. The summed E-state index contributed by atoms with van der Waals surface area (Å²) in [5.74, 6) is 0. The molecule has 0 aromatic rings. The zero-order valence-electron chi connectivity index (χ0n) is 10.7. The van der Waals surface area contributed by atoms with Gasteiger partial charge >= 0.3 is 0 Å². The number of likely N-dealkylation sites (N-methyl/N-ethyl adjacent to an activating group) is 2. The highest BCUT2D eigenvalue weighted by Gasteiger charge is 2.20. The van der Waals surface area contributed by atoms with Crippen LogP contribution in [0.3, 0.4) is 0 Å². The Hall–Kier alpha value is -0.630. The Morgan fingerprint density at radius 2 is 1.80 bits per heavy atom. The summed E-state index contributed by atoms with van der Waals surface area (Å²) >= 11 is 0. The van der Waals surface area contributed by atoms with Crippen LogP contribution in [0.1, 0.15) is 13.3 Å². The molecule has 1 N–H and O–H groups in total. The lowest BCUT2D eigenvalue weighted by Crippen LogP contribution is -2.41. The van der Waals surface area contributed by atoms with Crippen molar-refractivity contribution < 1.29 is 0 Å². The van der Waals surface area contributed by atoms with Gasteiger partial charge in [0.05, 0.1) is 6.07 Å². The molecular formula is C11H24N4. The lowest BCUT2D eigenvalue weighted by Gasteiger charge is -2.25. The van der Waals surface area contributed by atoms with Gasteiger partial charge < -0.3 is 15.1 Å². The topological polar surface area (TPSA) is 42.3 Å². The van der Waals surface area contributed by atoms with E-state index in [4.69, 9.17) is 5.26 Å². The summed E-state index contributed by atoms with van der Waals surface area (Å²) in [7, 11) is 8.07. The predicted molar refractivity (Wildman–Crippen MR) is 63.7 cm³/mol. The van der Waals surface area contributed by atoms with Crippen molar-refractivity contribution in [1.29, 1.82) is 5.26 Å². The molecule has 1 atom stereocenters. The number of hydrogen-bond acceptors (Lipinski definition) is 4. The van der Waals surface area contributed by atoms with Crippen molar-refractivity contribution in [2.75, 3.05) is 47.8 Å². The van der Waals surface area contributed by atoms with Crippen molar-refractivity contribution in [3.63, 3.8) is 0 Å². The molecule has 0 aliphatic heterocycles. The highest BCUT2D eigenvalue weighted by molar-refractivity contribution is 5.03. The summed E-state index contributed by atoms with van der Waals surface area (Å²) in [5, 5.41) is 12.0. The average molecular weight is 212 g/mol. The Morgan fingerprint density at radius 3 is 2.20 bits per heavy atom. The molecule has 0 heterocycles. The van der Waals surface area contributed by atoms with Crippen LogP contribution in [0.15, 0.2) is 0 Å². The van der Waals surface area contributed by atoms with E-state index in [9.17, 15) is 0 Å². The zero-order valence-corrected chi connectivity index (χ0v) is 10.7. The summed E-state index contributed by atoms with van der Waals surface area (Å²) in [6.45, 7) is 4.98. The van der Waals surface area contributed by atoms with E-state index in [0.29, 0.717) is 0 Å². The zero-order chi connectivity index (χ0) is 11.9. The standard InChI is InChI=1S/C11H24N4/c1-11(10-12,13-2)6-7-15(5)9-8-14(3)4/h13H,6-9H2,1-5H3. The Balaban J connectivity index is 3.80. The molecule has 0 aromatic heterocycles. The van der Waals surface area contributed by atoms with E-state index in [1.807, 2.05) is 14.0 Å². The summed E-state index contributed by atoms with van der Waals surface area (Å²) in [6, 6.07) is 2.30. The molecular weight excluding hydrogens is 188 g/mol. The number of nitriles is 1. The van der Waals surface area contributed by atoms with Crippen LogP contribution in [0.4, 0.5) is 0 Å². The second-order valence-electron chi connectivity index (χ2n) is 4.55. The van der Waals surface area contributed by atoms with Crippen LogP contribution in [-0.4, -0.2) is 63.2 Å². The molecule has 0 saturated heterocycles. The van der Waals surface area contributed by atoms with Crippen molar-refractivity contribution in [3.05, 3.63) is 0 Å². The molecule has 88 valence electrons. The third-order valence-electron chi connectivity index (χ3n) is 2.72. The van der Waals surface area contributed by atoms with Crippen molar-refractivity contribution in [2.24, 2.45) is 0 Å². The maximum atomic E-state index is 8.98. The lowest BCUT2D eigenvalue weighted by atomic mass is 10.0. The third kappa shape index (κ3) is 6.45. The van der Waals surface area contributed by atoms with E-state index >= 15 is 0 Å². The van der Waals surface area contributed by atoms with E-state index < -0.39 is 5.54 Å². The lowest BCUT2D eigenvalue weighted by molar-refractivity contribution is 0.261. The number of rotatable bonds is 7. The van der Waals surface area contributed by atoms with E-state index in [2.05, 4.69) is 42.3 Å². The molecule has 0 rings (SSSR count). The molecule has 4 nitrogen and oxygen atoms in total. The SMILES string of the molecule is CNC(C)(C#N)CCN(C)CCN(C)C. The first-order chi connectivity index (χ1) is 6.93. The molecule has 1 unspecified atom stereocenters. The van der Waals surface area contributed by atoms with Crippen molar-refractivity contribution in [2.45, 2.75) is 18.9 Å². The van der Waals surface area contributed by atoms with E-state index in [-0.39, 0.29) is 0 Å². The maximum absolute atomic E-state index is 8.98. The molecule has 0 spiro atoms. The quantitative estimate of drug-likeness (QED) is 0.662. The molecule has 15 heavy (non-hydrogen) atoms. The fraction of sp³-hybridized carbons (Fsp3) is 0.909. The first kappa shape index (κ1) is 14.4. The van der Waals surface area contributed by atoms with Crippen molar-refractivity contribution in [1.82, 2.24) is 15.1 Å². The van der Waals surface area contributed by atoms with Gasteiger partial charge in [-0.1, -0.05) is 0 Å². The van der Waals surface area contributed by atoms with Gasteiger partial charge in [0.1, 0.15) is 5.54 Å². The van der Waals surface area contributed by atoms with Crippen LogP contribution in [0, 0.1) is 11.3 Å². The minimum atomic E-state index is -0.396. The number of hydrogen-bond donors (Lipinski definition) is 1. The van der Waals surface area contributed by atoms with Gasteiger partial charge in [-0.15, -0.1) is 0 Å².